The van der Waals surface area contributed by atoms with Crippen LogP contribution < -0.4 is 5.32 Å². The molecule has 2 heteroatoms. The Labute approximate surface area is 133 Å². The Morgan fingerprint density at radius 1 is 1.27 bits per heavy atom. The Bertz CT molecular complexity index is 642. The maximum absolute atomic E-state index is 11.6. The van der Waals surface area contributed by atoms with Gasteiger partial charge in [-0.2, -0.15) is 0 Å². The lowest BCUT2D eigenvalue weighted by atomic mass is 9.96. The fourth-order valence-electron chi connectivity index (χ4n) is 2.72. The summed E-state index contributed by atoms with van der Waals surface area (Å²) in [6.45, 7) is 8.00. The monoisotopic (exact) mass is 295 g/mol. The van der Waals surface area contributed by atoms with E-state index < -0.39 is 0 Å². The second-order valence-electron chi connectivity index (χ2n) is 5.90. The number of carbonyl (C=O) groups is 1. The first-order valence-electron chi connectivity index (χ1n) is 7.93. The summed E-state index contributed by atoms with van der Waals surface area (Å²) >= 11 is 0. The highest BCUT2D eigenvalue weighted by atomic mass is 16.1. The number of ketones is 1. The third-order valence-electron chi connectivity index (χ3n) is 4.25. The van der Waals surface area contributed by atoms with Gasteiger partial charge in [-0.05, 0) is 56.5 Å². The molecule has 1 atom stereocenters. The molecule has 0 spiro atoms. The predicted molar refractivity (Wildman–Crippen MR) is 93.9 cm³/mol. The number of hydrogen-bond donors (Lipinski definition) is 1. The molecule has 1 aliphatic heterocycles. The summed E-state index contributed by atoms with van der Waals surface area (Å²) < 4.78 is 0. The van der Waals surface area contributed by atoms with Crippen molar-refractivity contribution in [3.8, 4) is 0 Å². The molecule has 1 N–H and O–H groups in total. The van der Waals surface area contributed by atoms with Crippen LogP contribution in [0.5, 0.6) is 0 Å². The topological polar surface area (TPSA) is 29.1 Å². The van der Waals surface area contributed by atoms with E-state index in [9.17, 15) is 4.79 Å². The van der Waals surface area contributed by atoms with Gasteiger partial charge in [0.05, 0.1) is 6.04 Å². The highest BCUT2D eigenvalue weighted by Crippen LogP contribution is 2.21. The van der Waals surface area contributed by atoms with Gasteiger partial charge in [-0.25, -0.2) is 0 Å². The van der Waals surface area contributed by atoms with Gasteiger partial charge in [0.15, 0.2) is 5.78 Å². The maximum Gasteiger partial charge on any atom is 0.160 e. The highest BCUT2D eigenvalue weighted by Gasteiger charge is 2.10. The number of benzene rings is 1. The zero-order valence-electron chi connectivity index (χ0n) is 13.9. The van der Waals surface area contributed by atoms with Gasteiger partial charge in [-0.3, -0.25) is 4.79 Å². The van der Waals surface area contributed by atoms with Crippen LogP contribution in [-0.2, 0) is 6.42 Å². The third-order valence-corrected chi connectivity index (χ3v) is 4.25. The number of hydrogen-bond acceptors (Lipinski definition) is 2. The standard InChI is InChI=1S/C20H25NO/c1-5-17-13-18(10-11-19(17)16(4)22)14(2)8-9-15(3)20-7-6-12-21-20/h6,8-13,20-21H,5,7H2,1-4H3/b14-8+,15-9-. The Morgan fingerprint density at radius 2 is 2.05 bits per heavy atom. The summed E-state index contributed by atoms with van der Waals surface area (Å²) in [5.74, 6) is 0.139. The smallest absolute Gasteiger partial charge is 0.160 e. The van der Waals surface area contributed by atoms with Crippen molar-refractivity contribution in [1.29, 1.82) is 0 Å². The second-order valence-corrected chi connectivity index (χ2v) is 5.90. The molecule has 0 aliphatic carbocycles. The van der Waals surface area contributed by atoms with E-state index in [1.54, 1.807) is 6.92 Å². The van der Waals surface area contributed by atoms with Crippen molar-refractivity contribution in [1.82, 2.24) is 5.32 Å². The molecule has 0 aromatic heterocycles. The molecule has 116 valence electrons. The Hall–Kier alpha value is -2.09. The molecular weight excluding hydrogens is 270 g/mol. The molecule has 1 aromatic rings. The van der Waals surface area contributed by atoms with Gasteiger partial charge in [0.25, 0.3) is 0 Å². The molecule has 0 amide bonds. The Morgan fingerprint density at radius 3 is 2.64 bits per heavy atom. The molecule has 0 radical (unpaired) electrons. The molecule has 0 saturated carbocycles. The van der Waals surface area contributed by atoms with Crippen LogP contribution in [0.2, 0.25) is 0 Å². The van der Waals surface area contributed by atoms with E-state index >= 15 is 0 Å². The molecule has 2 rings (SSSR count). The van der Waals surface area contributed by atoms with Crippen molar-refractivity contribution in [2.75, 3.05) is 0 Å². The van der Waals surface area contributed by atoms with Gasteiger partial charge in [-0.1, -0.05) is 48.9 Å². The fraction of sp³-hybridized carbons (Fsp3) is 0.350. The first kappa shape index (κ1) is 16.3. The van der Waals surface area contributed by atoms with Crippen LogP contribution in [0.4, 0.5) is 0 Å². The summed E-state index contributed by atoms with van der Waals surface area (Å²) in [5.41, 5.74) is 5.70. The molecule has 22 heavy (non-hydrogen) atoms. The summed E-state index contributed by atoms with van der Waals surface area (Å²) in [7, 11) is 0. The lowest BCUT2D eigenvalue weighted by Crippen LogP contribution is -2.19. The summed E-state index contributed by atoms with van der Waals surface area (Å²) in [6.07, 6.45) is 10.5. The number of carbonyl (C=O) groups excluding carboxylic acids is 1. The van der Waals surface area contributed by atoms with Crippen LogP contribution in [0, 0.1) is 0 Å². The first-order chi connectivity index (χ1) is 10.5. The van der Waals surface area contributed by atoms with E-state index in [-0.39, 0.29) is 5.78 Å². The summed E-state index contributed by atoms with van der Waals surface area (Å²) in [6, 6.07) is 6.56. The van der Waals surface area contributed by atoms with Crippen LogP contribution in [0.1, 0.15) is 55.6 Å². The molecule has 1 heterocycles. The van der Waals surface area contributed by atoms with E-state index in [0.29, 0.717) is 6.04 Å². The average Bonchev–Trinajstić information content (AvgIpc) is 3.05. The lowest BCUT2D eigenvalue weighted by Gasteiger charge is -2.11. The molecule has 0 saturated heterocycles. The fourth-order valence-corrected chi connectivity index (χ4v) is 2.72. The average molecular weight is 295 g/mol. The van der Waals surface area contributed by atoms with E-state index in [2.05, 4.69) is 50.4 Å². The van der Waals surface area contributed by atoms with E-state index in [1.165, 1.54) is 16.7 Å². The lowest BCUT2D eigenvalue weighted by molar-refractivity contribution is 0.101. The molecule has 0 fully saturated rings. The van der Waals surface area contributed by atoms with Crippen LogP contribution in [-0.4, -0.2) is 11.8 Å². The van der Waals surface area contributed by atoms with Crippen molar-refractivity contribution in [2.45, 2.75) is 46.6 Å². The zero-order chi connectivity index (χ0) is 16.1. The molecule has 1 unspecified atom stereocenters. The van der Waals surface area contributed by atoms with E-state index in [1.807, 2.05) is 18.3 Å². The quantitative estimate of drug-likeness (QED) is 0.631. The van der Waals surface area contributed by atoms with Crippen LogP contribution in [0.3, 0.4) is 0 Å². The van der Waals surface area contributed by atoms with Gasteiger partial charge < -0.3 is 5.32 Å². The maximum atomic E-state index is 11.6. The van der Waals surface area contributed by atoms with Crippen molar-refractivity contribution < 1.29 is 4.79 Å². The number of Topliss-reactive ketones (excluding diaryl/α,β-unsaturated/α-hetero) is 1. The van der Waals surface area contributed by atoms with Gasteiger partial charge in [0.1, 0.15) is 0 Å². The van der Waals surface area contributed by atoms with E-state index in [4.69, 9.17) is 0 Å². The van der Waals surface area contributed by atoms with Gasteiger partial charge in [0.2, 0.25) is 0 Å². The number of nitrogens with one attached hydrogen (secondary N) is 1. The molecule has 1 aromatic carbocycles. The van der Waals surface area contributed by atoms with Gasteiger partial charge in [-0.15, -0.1) is 0 Å². The normalized spacial score (nSPS) is 18.5. The molecule has 2 nitrogen and oxygen atoms in total. The van der Waals surface area contributed by atoms with Crippen LogP contribution in [0.25, 0.3) is 5.57 Å². The predicted octanol–water partition coefficient (Wildman–Crippen LogP) is 4.68. The minimum Gasteiger partial charge on any atom is -0.384 e. The van der Waals surface area contributed by atoms with Crippen molar-refractivity contribution >= 4 is 11.4 Å². The third kappa shape index (κ3) is 3.76. The van der Waals surface area contributed by atoms with Crippen molar-refractivity contribution in [2.24, 2.45) is 0 Å². The summed E-state index contributed by atoms with van der Waals surface area (Å²) in [5, 5.41) is 3.34. The molecule has 0 bridgehead atoms. The summed E-state index contributed by atoms with van der Waals surface area (Å²) in [4.78, 5) is 11.6. The Balaban J connectivity index is 2.21. The SMILES string of the molecule is CCc1cc(/C(C)=C/C=C(/C)C2CC=CN2)ccc1C(C)=O. The Kier molecular flexibility index (Phi) is 5.37. The van der Waals surface area contributed by atoms with E-state index in [0.717, 1.165) is 24.0 Å². The number of aryl methyl sites for hydroxylation is 1. The molecular formula is C20H25NO. The number of allylic oxidation sites excluding steroid dienone is 3. The number of rotatable bonds is 5. The van der Waals surface area contributed by atoms with Crippen LogP contribution >= 0.6 is 0 Å². The van der Waals surface area contributed by atoms with Crippen molar-refractivity contribution in [3.63, 3.8) is 0 Å². The van der Waals surface area contributed by atoms with Gasteiger partial charge >= 0.3 is 0 Å². The largest absolute Gasteiger partial charge is 0.384 e. The van der Waals surface area contributed by atoms with Crippen molar-refractivity contribution in [3.05, 3.63) is 64.9 Å². The molecule has 1 aliphatic rings. The van der Waals surface area contributed by atoms with Crippen LogP contribution in [0.15, 0.2) is 48.2 Å². The van der Waals surface area contributed by atoms with Gasteiger partial charge in [0, 0.05) is 5.56 Å². The minimum absolute atomic E-state index is 0.139. The second kappa shape index (κ2) is 7.26. The highest BCUT2D eigenvalue weighted by molar-refractivity contribution is 5.96. The minimum atomic E-state index is 0.139. The first-order valence-corrected chi connectivity index (χ1v) is 7.93. The zero-order valence-corrected chi connectivity index (χ0v) is 13.9.